The first-order valence-electron chi connectivity index (χ1n) is 4.53. The van der Waals surface area contributed by atoms with Crippen molar-refractivity contribution in [2.75, 3.05) is 5.43 Å². The SMILES string of the molecule is Clc1ccc(N/N=C/c2cc(Br)cs2)cc1. The van der Waals surface area contributed by atoms with Gasteiger partial charge in [0.2, 0.25) is 0 Å². The van der Waals surface area contributed by atoms with Crippen LogP contribution in [-0.4, -0.2) is 6.21 Å². The van der Waals surface area contributed by atoms with Gasteiger partial charge in [0.1, 0.15) is 0 Å². The Hall–Kier alpha value is -0.840. The Morgan fingerprint density at radius 1 is 1.31 bits per heavy atom. The van der Waals surface area contributed by atoms with E-state index in [2.05, 4.69) is 26.5 Å². The summed E-state index contributed by atoms with van der Waals surface area (Å²) in [6, 6.07) is 9.41. The van der Waals surface area contributed by atoms with Gasteiger partial charge in [-0.05, 0) is 46.3 Å². The number of anilines is 1. The molecule has 1 aromatic carbocycles. The van der Waals surface area contributed by atoms with Gasteiger partial charge >= 0.3 is 0 Å². The fraction of sp³-hybridized carbons (Fsp3) is 0. The molecule has 0 bridgehead atoms. The Labute approximate surface area is 111 Å². The van der Waals surface area contributed by atoms with E-state index in [-0.39, 0.29) is 0 Å². The molecule has 0 saturated carbocycles. The lowest BCUT2D eigenvalue weighted by molar-refractivity contribution is 1.35. The number of hydrogen-bond acceptors (Lipinski definition) is 3. The standard InChI is InChI=1S/C11H8BrClN2S/c12-8-5-11(16-7-8)6-14-15-10-3-1-9(13)2-4-10/h1-7,15H/b14-6+. The molecule has 0 aliphatic carbocycles. The van der Waals surface area contributed by atoms with E-state index in [9.17, 15) is 0 Å². The first kappa shape index (κ1) is 11.6. The van der Waals surface area contributed by atoms with Crippen LogP contribution in [0, 0.1) is 0 Å². The van der Waals surface area contributed by atoms with Gasteiger partial charge in [0.15, 0.2) is 0 Å². The van der Waals surface area contributed by atoms with Gasteiger partial charge < -0.3 is 0 Å². The summed E-state index contributed by atoms with van der Waals surface area (Å²) < 4.78 is 1.07. The first-order chi connectivity index (χ1) is 7.74. The minimum atomic E-state index is 0.719. The minimum Gasteiger partial charge on any atom is -0.278 e. The summed E-state index contributed by atoms with van der Waals surface area (Å²) in [5.74, 6) is 0. The Morgan fingerprint density at radius 3 is 2.69 bits per heavy atom. The van der Waals surface area contributed by atoms with Gasteiger partial charge in [0, 0.05) is 19.8 Å². The van der Waals surface area contributed by atoms with E-state index in [0.29, 0.717) is 0 Å². The molecule has 5 heteroatoms. The van der Waals surface area contributed by atoms with Crippen molar-refractivity contribution in [3.8, 4) is 0 Å². The van der Waals surface area contributed by atoms with Gasteiger partial charge in [-0.1, -0.05) is 11.6 Å². The lowest BCUT2D eigenvalue weighted by Gasteiger charge is -1.98. The number of thiophene rings is 1. The largest absolute Gasteiger partial charge is 0.278 e. The average Bonchev–Trinajstić information content (AvgIpc) is 2.67. The van der Waals surface area contributed by atoms with Crippen molar-refractivity contribution < 1.29 is 0 Å². The van der Waals surface area contributed by atoms with Crippen LogP contribution in [-0.2, 0) is 0 Å². The van der Waals surface area contributed by atoms with Crippen molar-refractivity contribution in [3.05, 3.63) is 50.1 Å². The summed E-state index contributed by atoms with van der Waals surface area (Å²) in [6.45, 7) is 0. The highest BCUT2D eigenvalue weighted by molar-refractivity contribution is 9.10. The molecular weight excluding hydrogens is 308 g/mol. The highest BCUT2D eigenvalue weighted by atomic mass is 79.9. The van der Waals surface area contributed by atoms with Crippen LogP contribution in [0.15, 0.2) is 45.3 Å². The Bertz CT molecular complexity index is 493. The molecule has 0 atom stereocenters. The second-order valence-electron chi connectivity index (χ2n) is 3.04. The lowest BCUT2D eigenvalue weighted by Crippen LogP contribution is -1.88. The van der Waals surface area contributed by atoms with Crippen molar-refractivity contribution in [1.29, 1.82) is 0 Å². The molecule has 2 aromatic rings. The molecule has 1 aromatic heterocycles. The zero-order chi connectivity index (χ0) is 11.4. The van der Waals surface area contributed by atoms with Gasteiger partial charge in [-0.3, -0.25) is 5.43 Å². The van der Waals surface area contributed by atoms with Crippen LogP contribution in [0.5, 0.6) is 0 Å². The molecule has 16 heavy (non-hydrogen) atoms. The van der Waals surface area contributed by atoms with E-state index >= 15 is 0 Å². The number of rotatable bonds is 3. The molecular formula is C11H8BrClN2S. The highest BCUT2D eigenvalue weighted by Gasteiger charge is 1.93. The number of hydrogen-bond donors (Lipinski definition) is 1. The fourth-order valence-electron chi connectivity index (χ4n) is 1.09. The quantitative estimate of drug-likeness (QED) is 0.649. The van der Waals surface area contributed by atoms with E-state index in [0.717, 1.165) is 20.1 Å². The summed E-state index contributed by atoms with van der Waals surface area (Å²) in [5, 5.41) is 6.86. The number of nitrogens with one attached hydrogen (secondary N) is 1. The third kappa shape index (κ3) is 3.33. The molecule has 0 aliphatic rings. The first-order valence-corrected chi connectivity index (χ1v) is 6.58. The van der Waals surface area contributed by atoms with Gasteiger partial charge in [-0.15, -0.1) is 11.3 Å². The van der Waals surface area contributed by atoms with Crippen LogP contribution in [0.3, 0.4) is 0 Å². The summed E-state index contributed by atoms with van der Waals surface area (Å²) in [5.41, 5.74) is 3.84. The lowest BCUT2D eigenvalue weighted by atomic mass is 10.3. The van der Waals surface area contributed by atoms with Crippen molar-refractivity contribution in [1.82, 2.24) is 0 Å². The second-order valence-corrected chi connectivity index (χ2v) is 5.34. The summed E-state index contributed by atoms with van der Waals surface area (Å²) in [7, 11) is 0. The molecule has 2 rings (SSSR count). The summed E-state index contributed by atoms with van der Waals surface area (Å²) in [4.78, 5) is 1.09. The van der Waals surface area contributed by atoms with Gasteiger partial charge in [-0.25, -0.2) is 0 Å². The van der Waals surface area contributed by atoms with E-state index in [1.54, 1.807) is 17.6 Å². The molecule has 1 heterocycles. The highest BCUT2D eigenvalue weighted by Crippen LogP contribution is 2.18. The molecule has 0 spiro atoms. The zero-order valence-electron chi connectivity index (χ0n) is 8.15. The van der Waals surface area contributed by atoms with E-state index in [4.69, 9.17) is 11.6 Å². The fourth-order valence-corrected chi connectivity index (χ4v) is 2.52. The van der Waals surface area contributed by atoms with Crippen molar-refractivity contribution >= 4 is 50.8 Å². The average molecular weight is 316 g/mol. The van der Waals surface area contributed by atoms with Crippen molar-refractivity contribution in [2.24, 2.45) is 5.10 Å². The molecule has 0 fully saturated rings. The Kier molecular flexibility index (Phi) is 3.98. The van der Waals surface area contributed by atoms with E-state index < -0.39 is 0 Å². The van der Waals surface area contributed by atoms with Gasteiger partial charge in [0.25, 0.3) is 0 Å². The van der Waals surface area contributed by atoms with Crippen LogP contribution in [0.2, 0.25) is 5.02 Å². The smallest absolute Gasteiger partial charge is 0.0644 e. The van der Waals surface area contributed by atoms with Crippen LogP contribution in [0.4, 0.5) is 5.69 Å². The van der Waals surface area contributed by atoms with Crippen molar-refractivity contribution in [3.63, 3.8) is 0 Å². The molecule has 0 unspecified atom stereocenters. The number of nitrogens with zero attached hydrogens (tertiary/aromatic N) is 1. The van der Waals surface area contributed by atoms with E-state index in [1.807, 2.05) is 35.7 Å². The van der Waals surface area contributed by atoms with Crippen molar-refractivity contribution in [2.45, 2.75) is 0 Å². The van der Waals surface area contributed by atoms with Gasteiger partial charge in [0.05, 0.1) is 11.9 Å². The number of hydrazone groups is 1. The molecule has 0 saturated heterocycles. The third-order valence-electron chi connectivity index (χ3n) is 1.82. The second kappa shape index (κ2) is 5.48. The van der Waals surface area contributed by atoms with Crippen LogP contribution in [0.25, 0.3) is 0 Å². The molecule has 0 amide bonds. The molecule has 0 aliphatic heterocycles. The maximum atomic E-state index is 5.77. The third-order valence-corrected chi connectivity index (χ3v) is 3.70. The number of halogens is 2. The zero-order valence-corrected chi connectivity index (χ0v) is 11.3. The predicted molar refractivity (Wildman–Crippen MR) is 74.7 cm³/mol. The maximum absolute atomic E-state index is 5.77. The molecule has 82 valence electrons. The van der Waals surface area contributed by atoms with Crippen LogP contribution >= 0.6 is 38.9 Å². The topological polar surface area (TPSA) is 24.4 Å². The molecule has 2 nitrogen and oxygen atoms in total. The maximum Gasteiger partial charge on any atom is 0.0644 e. The van der Waals surface area contributed by atoms with Crippen LogP contribution in [0.1, 0.15) is 4.88 Å². The number of benzene rings is 1. The van der Waals surface area contributed by atoms with E-state index in [1.165, 1.54) is 0 Å². The minimum absolute atomic E-state index is 0.719. The Morgan fingerprint density at radius 2 is 2.06 bits per heavy atom. The van der Waals surface area contributed by atoms with Gasteiger partial charge in [-0.2, -0.15) is 5.10 Å². The summed E-state index contributed by atoms with van der Waals surface area (Å²) in [6.07, 6.45) is 1.78. The summed E-state index contributed by atoms with van der Waals surface area (Å²) >= 11 is 10.8. The predicted octanol–water partition coefficient (Wildman–Crippen LogP) is 4.61. The normalized spacial score (nSPS) is 10.9. The van der Waals surface area contributed by atoms with Crippen LogP contribution < -0.4 is 5.43 Å². The monoisotopic (exact) mass is 314 g/mol. The molecule has 1 N–H and O–H groups in total. The Balaban J connectivity index is 1.97. The molecule has 0 radical (unpaired) electrons.